The molecule has 1 unspecified atom stereocenters. The van der Waals surface area contributed by atoms with Gasteiger partial charge in [0.2, 0.25) is 5.91 Å². The lowest BCUT2D eigenvalue weighted by Crippen LogP contribution is -2.52. The van der Waals surface area contributed by atoms with Crippen molar-refractivity contribution in [2.45, 2.75) is 47.0 Å². The third-order valence-corrected chi connectivity index (χ3v) is 5.42. The summed E-state index contributed by atoms with van der Waals surface area (Å²) in [6.07, 6.45) is 3.96. The summed E-state index contributed by atoms with van der Waals surface area (Å²) in [5, 5.41) is 0. The van der Waals surface area contributed by atoms with Crippen molar-refractivity contribution in [1.82, 2.24) is 14.8 Å². The van der Waals surface area contributed by atoms with Gasteiger partial charge in [-0.25, -0.2) is 0 Å². The Morgan fingerprint density at radius 3 is 2.62 bits per heavy atom. The molecule has 2 aliphatic rings. The number of aromatic amines is 1. The van der Waals surface area contributed by atoms with Crippen molar-refractivity contribution >= 4 is 11.8 Å². The van der Waals surface area contributed by atoms with Gasteiger partial charge in [0.1, 0.15) is 5.56 Å². The van der Waals surface area contributed by atoms with Gasteiger partial charge < -0.3 is 14.8 Å². The van der Waals surface area contributed by atoms with Crippen LogP contribution in [0.4, 0.5) is 0 Å². The molecule has 1 aromatic rings. The first-order chi connectivity index (χ1) is 12.1. The SMILES string of the molecule is Cc1cc(=O)c(C(=O)N2CCC3(CCCN(CC(C)(C)C)C3=O)C2)c[nH]1. The monoisotopic (exact) mass is 359 g/mol. The largest absolute Gasteiger partial charge is 0.364 e. The Morgan fingerprint density at radius 1 is 1.23 bits per heavy atom. The van der Waals surface area contributed by atoms with Gasteiger partial charge in [0.15, 0.2) is 5.43 Å². The molecule has 26 heavy (non-hydrogen) atoms. The molecule has 3 heterocycles. The first kappa shape index (κ1) is 18.7. The molecule has 3 rings (SSSR count). The smallest absolute Gasteiger partial charge is 0.259 e. The van der Waals surface area contributed by atoms with Crippen molar-refractivity contribution in [3.05, 3.63) is 33.7 Å². The Morgan fingerprint density at radius 2 is 1.96 bits per heavy atom. The summed E-state index contributed by atoms with van der Waals surface area (Å²) in [7, 11) is 0. The van der Waals surface area contributed by atoms with Crippen molar-refractivity contribution in [2.75, 3.05) is 26.2 Å². The second kappa shape index (κ2) is 6.56. The Balaban J connectivity index is 1.77. The number of nitrogens with one attached hydrogen (secondary N) is 1. The number of likely N-dealkylation sites (tertiary alicyclic amines) is 2. The van der Waals surface area contributed by atoms with E-state index >= 15 is 0 Å². The van der Waals surface area contributed by atoms with Crippen LogP contribution < -0.4 is 5.43 Å². The van der Waals surface area contributed by atoms with Crippen LogP contribution in [-0.4, -0.2) is 52.8 Å². The van der Waals surface area contributed by atoms with Gasteiger partial charge in [-0.3, -0.25) is 14.4 Å². The molecule has 1 aromatic heterocycles. The number of aryl methyl sites for hydroxylation is 1. The van der Waals surface area contributed by atoms with E-state index in [9.17, 15) is 14.4 Å². The van der Waals surface area contributed by atoms with Crippen molar-refractivity contribution in [1.29, 1.82) is 0 Å². The molecule has 142 valence electrons. The van der Waals surface area contributed by atoms with Crippen LogP contribution in [0.1, 0.15) is 56.1 Å². The van der Waals surface area contributed by atoms with E-state index in [0.29, 0.717) is 19.5 Å². The van der Waals surface area contributed by atoms with Crippen LogP contribution in [0.3, 0.4) is 0 Å². The molecule has 2 saturated heterocycles. The van der Waals surface area contributed by atoms with Crippen LogP contribution in [-0.2, 0) is 4.79 Å². The normalized spacial score (nSPS) is 23.8. The highest BCUT2D eigenvalue weighted by Gasteiger charge is 2.49. The van der Waals surface area contributed by atoms with E-state index in [4.69, 9.17) is 0 Å². The minimum absolute atomic E-state index is 0.0531. The molecule has 0 aliphatic carbocycles. The van der Waals surface area contributed by atoms with E-state index in [1.165, 1.54) is 12.3 Å². The number of piperidine rings is 1. The highest BCUT2D eigenvalue weighted by atomic mass is 16.2. The maximum Gasteiger partial charge on any atom is 0.259 e. The summed E-state index contributed by atoms with van der Waals surface area (Å²) in [4.78, 5) is 44.7. The Labute approximate surface area is 154 Å². The first-order valence-electron chi connectivity index (χ1n) is 9.39. The number of hydrogen-bond donors (Lipinski definition) is 1. The number of carbonyl (C=O) groups excluding carboxylic acids is 2. The molecule has 0 saturated carbocycles. The summed E-state index contributed by atoms with van der Waals surface area (Å²) < 4.78 is 0. The van der Waals surface area contributed by atoms with E-state index in [2.05, 4.69) is 25.8 Å². The van der Waals surface area contributed by atoms with Gasteiger partial charge in [0, 0.05) is 44.1 Å². The predicted molar refractivity (Wildman–Crippen MR) is 100 cm³/mol. The number of carbonyl (C=O) groups is 2. The van der Waals surface area contributed by atoms with Crippen molar-refractivity contribution in [3.63, 3.8) is 0 Å². The van der Waals surface area contributed by atoms with Gasteiger partial charge in [-0.15, -0.1) is 0 Å². The summed E-state index contributed by atoms with van der Waals surface area (Å²) in [5.74, 6) is -0.101. The predicted octanol–water partition coefficient (Wildman–Crippen LogP) is 2.18. The number of nitrogens with zero attached hydrogens (tertiary/aromatic N) is 2. The van der Waals surface area contributed by atoms with E-state index in [-0.39, 0.29) is 28.2 Å². The standard InChI is InChI=1S/C20H29N3O3/c1-14-10-16(24)15(11-21-14)17(25)22-9-7-20(13-22)6-5-8-23(18(20)26)12-19(2,3)4/h10-11H,5-9,12-13H2,1-4H3,(H,21,24). The van der Waals surface area contributed by atoms with Gasteiger partial charge in [-0.2, -0.15) is 0 Å². The molecule has 1 atom stereocenters. The lowest BCUT2D eigenvalue weighted by Gasteiger charge is -2.41. The maximum absolute atomic E-state index is 13.2. The molecule has 2 aliphatic heterocycles. The summed E-state index contributed by atoms with van der Waals surface area (Å²) in [6.45, 7) is 10.7. The number of hydrogen-bond acceptors (Lipinski definition) is 3. The minimum atomic E-state index is -0.476. The lowest BCUT2D eigenvalue weighted by atomic mass is 9.77. The zero-order valence-electron chi connectivity index (χ0n) is 16.2. The second-order valence-corrected chi connectivity index (χ2v) is 9.04. The lowest BCUT2D eigenvalue weighted by molar-refractivity contribution is -0.146. The maximum atomic E-state index is 13.2. The van der Waals surface area contributed by atoms with Crippen LogP contribution >= 0.6 is 0 Å². The fraction of sp³-hybridized carbons (Fsp3) is 0.650. The van der Waals surface area contributed by atoms with Crippen LogP contribution in [0, 0.1) is 17.8 Å². The van der Waals surface area contributed by atoms with Gasteiger partial charge in [0.05, 0.1) is 5.41 Å². The van der Waals surface area contributed by atoms with Gasteiger partial charge >= 0.3 is 0 Å². The average molecular weight is 359 g/mol. The van der Waals surface area contributed by atoms with Gasteiger partial charge in [-0.05, 0) is 31.6 Å². The van der Waals surface area contributed by atoms with Crippen LogP contribution in [0.15, 0.2) is 17.1 Å². The molecule has 6 heteroatoms. The Hall–Kier alpha value is -2.11. The molecule has 0 aromatic carbocycles. The average Bonchev–Trinajstić information content (AvgIpc) is 2.95. The van der Waals surface area contributed by atoms with Gasteiger partial charge in [0.25, 0.3) is 5.91 Å². The fourth-order valence-corrected chi connectivity index (χ4v) is 4.21. The first-order valence-corrected chi connectivity index (χ1v) is 9.39. The quantitative estimate of drug-likeness (QED) is 0.880. The molecular formula is C20H29N3O3. The molecule has 0 bridgehead atoms. The van der Waals surface area contributed by atoms with E-state index in [0.717, 1.165) is 31.6 Å². The molecule has 0 radical (unpaired) electrons. The van der Waals surface area contributed by atoms with E-state index in [1.54, 1.807) is 11.8 Å². The molecule has 2 amide bonds. The number of rotatable bonds is 2. The fourth-order valence-electron chi connectivity index (χ4n) is 4.21. The number of pyridine rings is 1. The second-order valence-electron chi connectivity index (χ2n) is 9.04. The van der Waals surface area contributed by atoms with Crippen molar-refractivity contribution in [2.24, 2.45) is 10.8 Å². The zero-order valence-corrected chi connectivity index (χ0v) is 16.2. The Kier molecular flexibility index (Phi) is 4.71. The van der Waals surface area contributed by atoms with E-state index in [1.807, 2.05) is 4.90 Å². The third kappa shape index (κ3) is 3.55. The van der Waals surface area contributed by atoms with E-state index < -0.39 is 5.41 Å². The van der Waals surface area contributed by atoms with Crippen LogP contribution in [0.2, 0.25) is 0 Å². The topological polar surface area (TPSA) is 73.5 Å². The summed E-state index contributed by atoms with van der Waals surface area (Å²) >= 11 is 0. The highest BCUT2D eigenvalue weighted by molar-refractivity contribution is 5.95. The minimum Gasteiger partial charge on any atom is -0.364 e. The molecular weight excluding hydrogens is 330 g/mol. The number of amides is 2. The van der Waals surface area contributed by atoms with Crippen molar-refractivity contribution in [3.8, 4) is 0 Å². The van der Waals surface area contributed by atoms with Crippen molar-refractivity contribution < 1.29 is 9.59 Å². The van der Waals surface area contributed by atoms with Gasteiger partial charge in [-0.1, -0.05) is 20.8 Å². The molecule has 2 fully saturated rings. The third-order valence-electron chi connectivity index (χ3n) is 5.42. The van der Waals surface area contributed by atoms with Crippen LogP contribution in [0.5, 0.6) is 0 Å². The number of H-pyrrole nitrogens is 1. The molecule has 1 N–H and O–H groups in total. The Bertz CT molecular complexity index is 777. The summed E-state index contributed by atoms with van der Waals surface area (Å²) in [6, 6.07) is 1.44. The zero-order chi connectivity index (χ0) is 19.1. The highest BCUT2D eigenvalue weighted by Crippen LogP contribution is 2.41. The van der Waals surface area contributed by atoms with Crippen LogP contribution in [0.25, 0.3) is 0 Å². The number of aromatic nitrogens is 1. The molecule has 6 nitrogen and oxygen atoms in total. The summed E-state index contributed by atoms with van der Waals surface area (Å²) in [5.41, 5.74) is 0.192. The molecule has 1 spiro atoms.